The van der Waals surface area contributed by atoms with Crippen LogP contribution in [-0.4, -0.2) is 35.8 Å². The number of rotatable bonds is 4. The van der Waals surface area contributed by atoms with Gasteiger partial charge in [0.15, 0.2) is 0 Å². The van der Waals surface area contributed by atoms with Crippen LogP contribution in [0.1, 0.15) is 27.7 Å². The molecule has 3 N–H and O–H groups in total. The van der Waals surface area contributed by atoms with Crippen molar-refractivity contribution in [2.75, 3.05) is 0 Å². The van der Waals surface area contributed by atoms with E-state index < -0.39 is 14.6 Å². The van der Waals surface area contributed by atoms with E-state index in [0.29, 0.717) is 0 Å². The van der Waals surface area contributed by atoms with Crippen molar-refractivity contribution in [3.8, 4) is 0 Å². The molecule has 0 aromatic rings. The molecule has 0 bridgehead atoms. The molecule has 76 valence electrons. The van der Waals surface area contributed by atoms with E-state index in [1.807, 2.05) is 20.8 Å². The summed E-state index contributed by atoms with van der Waals surface area (Å²) in [7, 11) is -3.64. The number of hydrogen-bond acceptors (Lipinski definition) is 5. The van der Waals surface area contributed by atoms with E-state index in [2.05, 4.69) is 4.57 Å². The highest BCUT2D eigenvalue weighted by molar-refractivity contribution is 6.49. The zero-order chi connectivity index (χ0) is 10.6. The molecule has 1 unspecified atom stereocenters. The Hall–Kier alpha value is -0.0701. The molecule has 0 aliphatic carbocycles. The summed E-state index contributed by atoms with van der Waals surface area (Å²) < 4.78 is 9.10. The third-order valence-corrected chi connectivity index (χ3v) is 1.78. The van der Waals surface area contributed by atoms with Crippen LogP contribution in [0.5, 0.6) is 0 Å². The first kappa shape index (κ1) is 12.9. The molecule has 7 heteroatoms. The van der Waals surface area contributed by atoms with Crippen molar-refractivity contribution >= 4 is 14.6 Å². The highest BCUT2D eigenvalue weighted by atomic mass is 16.7. The molecule has 0 aromatic carbocycles. The molecule has 0 saturated carbocycles. The van der Waals surface area contributed by atoms with E-state index in [9.17, 15) is 0 Å². The van der Waals surface area contributed by atoms with Gasteiger partial charge >= 0.3 is 14.6 Å². The Balaban J connectivity index is 3.85. The minimum atomic E-state index is -2.03. The van der Waals surface area contributed by atoms with Crippen LogP contribution in [0.4, 0.5) is 0 Å². The van der Waals surface area contributed by atoms with Crippen molar-refractivity contribution < 1.29 is 24.3 Å². The standard InChI is InChI=1S/C6H16B2O5/c1-5(6(2,3)4)12-8(11)13-7(9)10/h5,9-11H,1-4H3. The first-order valence-corrected chi connectivity index (χ1v) is 4.08. The Kier molecular flexibility index (Phi) is 4.95. The first-order valence-electron chi connectivity index (χ1n) is 4.08. The third-order valence-electron chi connectivity index (χ3n) is 1.78. The summed E-state index contributed by atoms with van der Waals surface area (Å²) in [6.07, 6.45) is -0.263. The molecular formula is C6H16B2O5. The van der Waals surface area contributed by atoms with Crippen LogP contribution >= 0.6 is 0 Å². The average Bonchev–Trinajstić information content (AvgIpc) is 1.82. The Morgan fingerprint density at radius 1 is 1.15 bits per heavy atom. The van der Waals surface area contributed by atoms with Gasteiger partial charge < -0.3 is 24.3 Å². The van der Waals surface area contributed by atoms with Crippen molar-refractivity contribution in [2.45, 2.75) is 33.8 Å². The molecule has 0 spiro atoms. The molecule has 0 aliphatic heterocycles. The summed E-state index contributed by atoms with van der Waals surface area (Å²) in [5.41, 5.74) is -0.148. The second-order valence-corrected chi connectivity index (χ2v) is 3.91. The molecule has 0 saturated heterocycles. The topological polar surface area (TPSA) is 79.2 Å². The highest BCUT2D eigenvalue weighted by Crippen LogP contribution is 2.21. The predicted octanol–water partition coefficient (Wildman–Crippen LogP) is -0.599. The minimum Gasteiger partial charge on any atom is -0.402 e. The Morgan fingerprint density at radius 3 is 1.92 bits per heavy atom. The lowest BCUT2D eigenvalue weighted by molar-refractivity contribution is 0.0494. The fourth-order valence-electron chi connectivity index (χ4n) is 0.515. The minimum absolute atomic E-state index is 0.148. The second-order valence-electron chi connectivity index (χ2n) is 3.91. The average molecular weight is 190 g/mol. The van der Waals surface area contributed by atoms with Crippen LogP contribution < -0.4 is 0 Å². The van der Waals surface area contributed by atoms with Crippen LogP contribution in [0.15, 0.2) is 0 Å². The second kappa shape index (κ2) is 4.97. The summed E-state index contributed by atoms with van der Waals surface area (Å²) in [5, 5.41) is 25.7. The highest BCUT2D eigenvalue weighted by Gasteiger charge is 2.30. The Bertz CT molecular complexity index is 146. The van der Waals surface area contributed by atoms with Gasteiger partial charge in [-0.05, 0) is 12.3 Å². The molecule has 0 amide bonds. The van der Waals surface area contributed by atoms with Crippen molar-refractivity contribution in [1.82, 2.24) is 0 Å². The molecule has 13 heavy (non-hydrogen) atoms. The molecule has 0 radical (unpaired) electrons. The third kappa shape index (κ3) is 6.06. The predicted molar refractivity (Wildman–Crippen MR) is 49.3 cm³/mol. The normalized spacial score (nSPS) is 14.1. The van der Waals surface area contributed by atoms with Crippen LogP contribution in [0.2, 0.25) is 0 Å². The summed E-state index contributed by atoms with van der Waals surface area (Å²) in [6, 6.07) is 0. The van der Waals surface area contributed by atoms with Gasteiger partial charge in [-0.3, -0.25) is 0 Å². The maximum Gasteiger partial charge on any atom is 0.624 e. The van der Waals surface area contributed by atoms with Crippen molar-refractivity contribution in [3.63, 3.8) is 0 Å². The van der Waals surface area contributed by atoms with Gasteiger partial charge in [0.05, 0.1) is 0 Å². The zero-order valence-electron chi connectivity index (χ0n) is 8.39. The van der Waals surface area contributed by atoms with E-state index in [1.54, 1.807) is 6.92 Å². The molecule has 0 rings (SSSR count). The zero-order valence-corrected chi connectivity index (χ0v) is 8.39. The maximum atomic E-state index is 8.99. The van der Waals surface area contributed by atoms with Crippen molar-refractivity contribution in [1.29, 1.82) is 0 Å². The lowest BCUT2D eigenvalue weighted by Gasteiger charge is -2.28. The molecule has 5 nitrogen and oxygen atoms in total. The molecule has 0 aromatic heterocycles. The fourth-order valence-corrected chi connectivity index (χ4v) is 0.515. The Morgan fingerprint density at radius 2 is 1.62 bits per heavy atom. The molecule has 0 heterocycles. The van der Waals surface area contributed by atoms with Gasteiger partial charge in [-0.15, -0.1) is 0 Å². The lowest BCUT2D eigenvalue weighted by atomic mass is 9.89. The summed E-state index contributed by atoms with van der Waals surface area (Å²) in [5.74, 6) is 0. The summed E-state index contributed by atoms with van der Waals surface area (Å²) >= 11 is 0. The molecule has 1 atom stereocenters. The van der Waals surface area contributed by atoms with Crippen LogP contribution in [0.3, 0.4) is 0 Å². The van der Waals surface area contributed by atoms with E-state index in [1.165, 1.54) is 0 Å². The maximum absolute atomic E-state index is 8.99. The van der Waals surface area contributed by atoms with E-state index in [-0.39, 0.29) is 11.5 Å². The van der Waals surface area contributed by atoms with Gasteiger partial charge in [0, 0.05) is 6.10 Å². The quantitative estimate of drug-likeness (QED) is 0.515. The SMILES string of the molecule is CC(OB(O)OB(O)O)C(C)(C)C. The summed E-state index contributed by atoms with van der Waals surface area (Å²) in [4.78, 5) is 0. The van der Waals surface area contributed by atoms with Gasteiger partial charge in [-0.25, -0.2) is 0 Å². The molecule has 0 fully saturated rings. The van der Waals surface area contributed by atoms with E-state index >= 15 is 0 Å². The lowest BCUT2D eigenvalue weighted by Crippen LogP contribution is -2.38. The van der Waals surface area contributed by atoms with Crippen molar-refractivity contribution in [2.24, 2.45) is 5.41 Å². The molecular weight excluding hydrogens is 174 g/mol. The van der Waals surface area contributed by atoms with E-state index in [4.69, 9.17) is 19.7 Å². The number of hydrogen-bond donors (Lipinski definition) is 3. The monoisotopic (exact) mass is 190 g/mol. The van der Waals surface area contributed by atoms with Gasteiger partial charge in [0.1, 0.15) is 0 Å². The van der Waals surface area contributed by atoms with Gasteiger partial charge in [-0.2, -0.15) is 0 Å². The van der Waals surface area contributed by atoms with E-state index in [0.717, 1.165) is 0 Å². The largest absolute Gasteiger partial charge is 0.624 e. The van der Waals surface area contributed by atoms with Crippen LogP contribution in [-0.2, 0) is 9.23 Å². The molecule has 0 aliphatic rings. The van der Waals surface area contributed by atoms with Gasteiger partial charge in [0.25, 0.3) is 0 Å². The van der Waals surface area contributed by atoms with Crippen molar-refractivity contribution in [3.05, 3.63) is 0 Å². The fraction of sp³-hybridized carbons (Fsp3) is 1.00. The van der Waals surface area contributed by atoms with Crippen LogP contribution in [0, 0.1) is 5.41 Å². The van der Waals surface area contributed by atoms with Crippen LogP contribution in [0.25, 0.3) is 0 Å². The summed E-state index contributed by atoms with van der Waals surface area (Å²) in [6.45, 7) is 7.55. The van der Waals surface area contributed by atoms with Gasteiger partial charge in [-0.1, -0.05) is 20.8 Å². The smallest absolute Gasteiger partial charge is 0.402 e. The Labute approximate surface area is 79.0 Å². The van der Waals surface area contributed by atoms with Gasteiger partial charge in [0.2, 0.25) is 0 Å². The first-order chi connectivity index (χ1) is 5.73.